The van der Waals surface area contributed by atoms with Gasteiger partial charge in [0.25, 0.3) is 0 Å². The van der Waals surface area contributed by atoms with E-state index >= 15 is 0 Å². The van der Waals surface area contributed by atoms with E-state index < -0.39 is 5.97 Å². The van der Waals surface area contributed by atoms with Crippen LogP contribution in [0.5, 0.6) is 0 Å². The van der Waals surface area contributed by atoms with Crippen molar-refractivity contribution < 1.29 is 9.90 Å². The van der Waals surface area contributed by atoms with Crippen LogP contribution in [0.3, 0.4) is 0 Å². The fourth-order valence-electron chi connectivity index (χ4n) is 1.67. The Balaban J connectivity index is 1.90. The number of benzene rings is 1. The van der Waals surface area contributed by atoms with Gasteiger partial charge in [-0.25, -0.2) is 0 Å². The van der Waals surface area contributed by atoms with Crippen LogP contribution in [0.4, 0.5) is 0 Å². The molecule has 15 heavy (non-hydrogen) atoms. The summed E-state index contributed by atoms with van der Waals surface area (Å²) in [5.41, 5.74) is 0. The number of hydrogen-bond donors (Lipinski definition) is 2. The Hall–Kier alpha value is -1.00. The van der Waals surface area contributed by atoms with Crippen molar-refractivity contribution in [2.75, 3.05) is 6.54 Å². The first-order valence-electron chi connectivity index (χ1n) is 4.93. The maximum Gasteiger partial charge on any atom is 0.320 e. The molecule has 80 valence electrons. The maximum absolute atomic E-state index is 10.7. The lowest BCUT2D eigenvalue weighted by atomic mass is 10.2. The Kier molecular flexibility index (Phi) is 3.28. The first kappa shape index (κ1) is 10.5. The number of rotatable bonds is 3. The highest BCUT2D eigenvalue weighted by atomic mass is 32.2. The number of thioether (sulfide) groups is 1. The zero-order valence-corrected chi connectivity index (χ0v) is 9.04. The monoisotopic (exact) mass is 223 g/mol. The summed E-state index contributed by atoms with van der Waals surface area (Å²) < 4.78 is 0. The molecular formula is C11H13NO2S. The van der Waals surface area contributed by atoms with Gasteiger partial charge in [-0.15, -0.1) is 11.8 Å². The summed E-state index contributed by atoms with van der Waals surface area (Å²) >= 11 is 1.75. The van der Waals surface area contributed by atoms with Gasteiger partial charge in [-0.3, -0.25) is 4.79 Å². The van der Waals surface area contributed by atoms with Crippen LogP contribution in [0.15, 0.2) is 35.2 Å². The van der Waals surface area contributed by atoms with E-state index in [0.29, 0.717) is 11.7 Å². The molecule has 1 aliphatic rings. The van der Waals surface area contributed by atoms with Gasteiger partial charge in [-0.2, -0.15) is 0 Å². The van der Waals surface area contributed by atoms with Crippen LogP contribution >= 0.6 is 11.8 Å². The van der Waals surface area contributed by atoms with Gasteiger partial charge in [0.1, 0.15) is 6.04 Å². The lowest BCUT2D eigenvalue weighted by molar-refractivity contribution is -0.139. The third-order valence-corrected chi connectivity index (χ3v) is 3.67. The van der Waals surface area contributed by atoms with E-state index in [-0.39, 0.29) is 6.04 Å². The van der Waals surface area contributed by atoms with Crippen LogP contribution in [-0.2, 0) is 4.79 Å². The molecule has 0 radical (unpaired) electrons. The van der Waals surface area contributed by atoms with Gasteiger partial charge in [0.15, 0.2) is 0 Å². The number of carboxylic acid groups (broad SMARTS) is 1. The number of carbonyl (C=O) groups is 1. The Morgan fingerprint density at radius 1 is 1.40 bits per heavy atom. The molecule has 1 heterocycles. The maximum atomic E-state index is 10.7. The van der Waals surface area contributed by atoms with Crippen molar-refractivity contribution in [2.45, 2.75) is 22.6 Å². The molecule has 1 fully saturated rings. The molecule has 1 saturated heterocycles. The van der Waals surface area contributed by atoms with Crippen LogP contribution < -0.4 is 5.32 Å². The van der Waals surface area contributed by atoms with E-state index in [1.165, 1.54) is 4.90 Å². The first-order chi connectivity index (χ1) is 7.25. The van der Waals surface area contributed by atoms with Crippen molar-refractivity contribution >= 4 is 17.7 Å². The van der Waals surface area contributed by atoms with Crippen molar-refractivity contribution in [3.63, 3.8) is 0 Å². The number of carboxylic acids is 1. The number of aliphatic carboxylic acids is 1. The van der Waals surface area contributed by atoms with Gasteiger partial charge < -0.3 is 10.4 Å². The minimum atomic E-state index is -0.744. The SMILES string of the molecule is O=C(O)[C@@H]1C[C@@H](Sc2ccccc2)CN1. The Morgan fingerprint density at radius 3 is 2.73 bits per heavy atom. The van der Waals surface area contributed by atoms with Crippen LogP contribution in [0.2, 0.25) is 0 Å². The summed E-state index contributed by atoms with van der Waals surface area (Å²) in [6, 6.07) is 9.72. The molecule has 0 unspecified atom stereocenters. The highest BCUT2D eigenvalue weighted by Crippen LogP contribution is 2.28. The molecule has 0 saturated carbocycles. The largest absolute Gasteiger partial charge is 0.480 e. The lowest BCUT2D eigenvalue weighted by Crippen LogP contribution is -2.29. The number of nitrogens with one attached hydrogen (secondary N) is 1. The average molecular weight is 223 g/mol. The van der Waals surface area contributed by atoms with Crippen molar-refractivity contribution in [1.82, 2.24) is 5.32 Å². The van der Waals surface area contributed by atoms with Crippen molar-refractivity contribution in [1.29, 1.82) is 0 Å². The van der Waals surface area contributed by atoms with E-state index in [0.717, 1.165) is 6.54 Å². The highest BCUT2D eigenvalue weighted by molar-refractivity contribution is 8.00. The highest BCUT2D eigenvalue weighted by Gasteiger charge is 2.29. The first-order valence-corrected chi connectivity index (χ1v) is 5.81. The van der Waals surface area contributed by atoms with Gasteiger partial charge in [0.05, 0.1) is 0 Å². The second-order valence-electron chi connectivity index (χ2n) is 3.59. The van der Waals surface area contributed by atoms with Gasteiger partial charge in [-0.1, -0.05) is 18.2 Å². The zero-order chi connectivity index (χ0) is 10.7. The topological polar surface area (TPSA) is 49.3 Å². The lowest BCUT2D eigenvalue weighted by Gasteiger charge is -2.07. The van der Waals surface area contributed by atoms with E-state index in [4.69, 9.17) is 5.11 Å². The van der Waals surface area contributed by atoms with Crippen LogP contribution in [0, 0.1) is 0 Å². The molecule has 2 N–H and O–H groups in total. The van der Waals surface area contributed by atoms with Crippen LogP contribution in [-0.4, -0.2) is 28.9 Å². The summed E-state index contributed by atoms with van der Waals surface area (Å²) in [6.07, 6.45) is 0.703. The zero-order valence-electron chi connectivity index (χ0n) is 8.22. The van der Waals surface area contributed by atoms with Gasteiger partial charge in [0.2, 0.25) is 0 Å². The normalized spacial score (nSPS) is 25.3. The molecule has 0 amide bonds. The van der Waals surface area contributed by atoms with Crippen molar-refractivity contribution in [3.8, 4) is 0 Å². The van der Waals surface area contributed by atoms with Crippen LogP contribution in [0.1, 0.15) is 6.42 Å². The minimum absolute atomic E-state index is 0.369. The molecule has 1 aromatic rings. The third kappa shape index (κ3) is 2.73. The molecule has 1 aromatic carbocycles. The smallest absolute Gasteiger partial charge is 0.320 e. The quantitative estimate of drug-likeness (QED) is 0.817. The molecule has 1 aliphatic heterocycles. The molecule has 4 heteroatoms. The number of hydrogen-bond acceptors (Lipinski definition) is 3. The Labute approximate surface area is 92.9 Å². The summed E-state index contributed by atoms with van der Waals surface area (Å²) in [4.78, 5) is 11.9. The second-order valence-corrected chi connectivity index (χ2v) is 4.96. The van der Waals surface area contributed by atoms with Crippen LogP contribution in [0.25, 0.3) is 0 Å². The Morgan fingerprint density at radius 2 is 2.13 bits per heavy atom. The van der Waals surface area contributed by atoms with E-state index in [2.05, 4.69) is 17.4 Å². The standard InChI is InChI=1S/C11H13NO2S/c13-11(14)10-6-9(7-12-10)15-8-4-2-1-3-5-8/h1-5,9-10,12H,6-7H2,(H,13,14)/t9-,10+/m1/s1. The fourth-order valence-corrected chi connectivity index (χ4v) is 2.84. The molecule has 0 bridgehead atoms. The summed E-state index contributed by atoms with van der Waals surface area (Å²) in [7, 11) is 0. The van der Waals surface area contributed by atoms with Crippen molar-refractivity contribution in [2.24, 2.45) is 0 Å². The molecule has 3 nitrogen and oxygen atoms in total. The summed E-state index contributed by atoms with van der Waals surface area (Å²) in [5.74, 6) is -0.744. The molecule has 0 aromatic heterocycles. The fraction of sp³-hybridized carbons (Fsp3) is 0.364. The molecule has 0 spiro atoms. The van der Waals surface area contributed by atoms with E-state index in [1.807, 2.05) is 18.2 Å². The third-order valence-electron chi connectivity index (χ3n) is 2.43. The van der Waals surface area contributed by atoms with Gasteiger partial charge in [0, 0.05) is 16.7 Å². The van der Waals surface area contributed by atoms with Gasteiger partial charge >= 0.3 is 5.97 Å². The predicted octanol–water partition coefficient (Wildman–Crippen LogP) is 1.59. The summed E-state index contributed by atoms with van der Waals surface area (Å²) in [5, 5.41) is 12.2. The average Bonchev–Trinajstić information content (AvgIpc) is 2.68. The van der Waals surface area contributed by atoms with Crippen molar-refractivity contribution in [3.05, 3.63) is 30.3 Å². The van der Waals surface area contributed by atoms with E-state index in [1.54, 1.807) is 11.8 Å². The second kappa shape index (κ2) is 4.68. The van der Waals surface area contributed by atoms with E-state index in [9.17, 15) is 4.79 Å². The molecule has 2 rings (SSSR count). The van der Waals surface area contributed by atoms with Gasteiger partial charge in [-0.05, 0) is 18.6 Å². The Bertz CT molecular complexity index is 342. The predicted molar refractivity (Wildman–Crippen MR) is 60.1 cm³/mol. The summed E-state index contributed by atoms with van der Waals surface area (Å²) in [6.45, 7) is 0.774. The molecule has 2 atom stereocenters. The molecule has 0 aliphatic carbocycles. The molecular weight excluding hydrogens is 210 g/mol. The minimum Gasteiger partial charge on any atom is -0.480 e.